The number of benzene rings is 2. The molecular formula is C20H20BrN. The summed E-state index contributed by atoms with van der Waals surface area (Å²) in [6.07, 6.45) is 7.11. The van der Waals surface area contributed by atoms with Crippen molar-refractivity contribution in [3.05, 3.63) is 81.3 Å². The maximum absolute atomic E-state index is 3.52. The molecule has 0 fully saturated rings. The molecule has 2 aliphatic rings. The van der Waals surface area contributed by atoms with Crippen LogP contribution in [0.3, 0.4) is 0 Å². The van der Waals surface area contributed by atoms with E-state index in [2.05, 4.69) is 75.4 Å². The Labute approximate surface area is 140 Å². The second-order valence-corrected chi connectivity index (χ2v) is 7.27. The van der Waals surface area contributed by atoms with E-state index in [1.165, 1.54) is 29.7 Å². The molecule has 1 atom stereocenters. The average Bonchev–Trinajstić information content (AvgIpc) is 2.72. The summed E-state index contributed by atoms with van der Waals surface area (Å²) in [7, 11) is 0. The summed E-state index contributed by atoms with van der Waals surface area (Å²) in [5.41, 5.74) is 6.07. The Bertz CT molecular complexity index is 702. The molecule has 0 N–H and O–H groups in total. The maximum Gasteiger partial charge on any atom is 0.0240 e. The molecule has 1 aliphatic heterocycles. The van der Waals surface area contributed by atoms with Gasteiger partial charge >= 0.3 is 0 Å². The van der Waals surface area contributed by atoms with E-state index in [0.29, 0.717) is 5.92 Å². The molecular weight excluding hydrogens is 334 g/mol. The van der Waals surface area contributed by atoms with Crippen LogP contribution in [0.2, 0.25) is 0 Å². The van der Waals surface area contributed by atoms with Crippen molar-refractivity contribution in [3.63, 3.8) is 0 Å². The molecule has 1 nitrogen and oxygen atoms in total. The molecule has 1 aliphatic carbocycles. The second-order valence-electron chi connectivity index (χ2n) is 6.35. The molecule has 1 unspecified atom stereocenters. The van der Waals surface area contributed by atoms with Crippen LogP contribution in [-0.2, 0) is 19.5 Å². The lowest BCUT2D eigenvalue weighted by Gasteiger charge is -2.21. The van der Waals surface area contributed by atoms with E-state index in [1.807, 2.05) is 0 Å². The van der Waals surface area contributed by atoms with Crippen LogP contribution < -0.4 is 0 Å². The van der Waals surface area contributed by atoms with Gasteiger partial charge in [-0.3, -0.25) is 4.90 Å². The van der Waals surface area contributed by atoms with Gasteiger partial charge in [0, 0.05) is 23.5 Å². The van der Waals surface area contributed by atoms with Crippen molar-refractivity contribution in [3.8, 4) is 0 Å². The lowest BCUT2D eigenvalue weighted by Crippen LogP contribution is -2.22. The normalized spacial score (nSPS) is 20.5. The van der Waals surface area contributed by atoms with Crippen molar-refractivity contribution in [2.75, 3.05) is 6.54 Å². The van der Waals surface area contributed by atoms with Crippen molar-refractivity contribution < 1.29 is 0 Å². The van der Waals surface area contributed by atoms with Crippen LogP contribution in [0.25, 0.3) is 0 Å². The van der Waals surface area contributed by atoms with Gasteiger partial charge in [-0.25, -0.2) is 0 Å². The monoisotopic (exact) mass is 353 g/mol. The molecule has 2 aromatic carbocycles. The van der Waals surface area contributed by atoms with E-state index < -0.39 is 0 Å². The summed E-state index contributed by atoms with van der Waals surface area (Å²) >= 11 is 3.52. The van der Waals surface area contributed by atoms with Crippen LogP contribution in [0.5, 0.6) is 0 Å². The predicted molar refractivity (Wildman–Crippen MR) is 94.9 cm³/mol. The summed E-state index contributed by atoms with van der Waals surface area (Å²) in [4.78, 5) is 2.59. The van der Waals surface area contributed by atoms with Gasteiger partial charge < -0.3 is 0 Å². The summed E-state index contributed by atoms with van der Waals surface area (Å²) in [5.74, 6) is 0.620. The van der Waals surface area contributed by atoms with E-state index >= 15 is 0 Å². The minimum atomic E-state index is 0.620. The summed E-state index contributed by atoms with van der Waals surface area (Å²) in [6.45, 7) is 3.27. The van der Waals surface area contributed by atoms with E-state index in [1.54, 1.807) is 5.56 Å². The first-order chi connectivity index (χ1) is 10.8. The molecule has 4 rings (SSSR count). The number of hydrogen-bond acceptors (Lipinski definition) is 1. The minimum absolute atomic E-state index is 0.620. The topological polar surface area (TPSA) is 3.24 Å². The molecule has 112 valence electrons. The Balaban J connectivity index is 1.60. The third-order valence-electron chi connectivity index (χ3n) is 4.83. The largest absolute Gasteiger partial charge is 0.295 e. The summed E-state index contributed by atoms with van der Waals surface area (Å²) < 4.78 is 1.15. The fourth-order valence-electron chi connectivity index (χ4n) is 3.78. The Morgan fingerprint density at radius 1 is 1.05 bits per heavy atom. The van der Waals surface area contributed by atoms with E-state index in [4.69, 9.17) is 0 Å². The summed E-state index contributed by atoms with van der Waals surface area (Å²) in [6, 6.07) is 15.6. The average molecular weight is 354 g/mol. The van der Waals surface area contributed by atoms with Gasteiger partial charge in [0.25, 0.3) is 0 Å². The Morgan fingerprint density at radius 2 is 1.86 bits per heavy atom. The molecule has 0 radical (unpaired) electrons. The highest BCUT2D eigenvalue weighted by molar-refractivity contribution is 9.10. The molecule has 0 amide bonds. The zero-order valence-corrected chi connectivity index (χ0v) is 14.2. The third kappa shape index (κ3) is 2.78. The Morgan fingerprint density at radius 3 is 2.73 bits per heavy atom. The van der Waals surface area contributed by atoms with Crippen LogP contribution in [0.1, 0.15) is 34.6 Å². The van der Waals surface area contributed by atoms with E-state index in [-0.39, 0.29) is 0 Å². The summed E-state index contributed by atoms with van der Waals surface area (Å²) in [5, 5.41) is 0. The van der Waals surface area contributed by atoms with Gasteiger partial charge in [-0.15, -0.1) is 0 Å². The molecule has 0 bridgehead atoms. The van der Waals surface area contributed by atoms with Gasteiger partial charge in [-0.05, 0) is 53.8 Å². The van der Waals surface area contributed by atoms with E-state index in [9.17, 15) is 0 Å². The highest BCUT2D eigenvalue weighted by Gasteiger charge is 2.24. The number of hydrogen-bond donors (Lipinski definition) is 0. The van der Waals surface area contributed by atoms with Gasteiger partial charge in [-0.1, -0.05) is 58.4 Å². The van der Waals surface area contributed by atoms with Gasteiger partial charge in [-0.2, -0.15) is 0 Å². The Kier molecular flexibility index (Phi) is 3.89. The first-order valence-corrected chi connectivity index (χ1v) is 8.83. The van der Waals surface area contributed by atoms with Gasteiger partial charge in [0.2, 0.25) is 0 Å². The third-order valence-corrected chi connectivity index (χ3v) is 5.36. The van der Waals surface area contributed by atoms with Crippen LogP contribution in [0.15, 0.2) is 59.1 Å². The molecule has 22 heavy (non-hydrogen) atoms. The quantitative estimate of drug-likeness (QED) is 0.682. The highest BCUT2D eigenvalue weighted by Crippen LogP contribution is 2.35. The van der Waals surface area contributed by atoms with Gasteiger partial charge in [0.1, 0.15) is 0 Å². The van der Waals surface area contributed by atoms with Crippen LogP contribution in [-0.4, -0.2) is 11.4 Å². The minimum Gasteiger partial charge on any atom is -0.295 e. The molecule has 2 aromatic rings. The van der Waals surface area contributed by atoms with Crippen molar-refractivity contribution in [1.82, 2.24) is 4.90 Å². The fraction of sp³-hybridized carbons (Fsp3) is 0.300. The maximum atomic E-state index is 3.52. The molecule has 0 aromatic heterocycles. The standard InChI is InChI=1S/C20H20BrN/c21-19-9-7-15(8-10-19)13-22-12-11-17-5-1-3-16-4-2-6-18(14-22)20(16)17/h1-2,4-10,17H,3,11-14H2. The molecule has 0 saturated carbocycles. The Hall–Kier alpha value is -1.38. The van der Waals surface area contributed by atoms with Crippen LogP contribution in [0.4, 0.5) is 0 Å². The molecule has 0 saturated heterocycles. The van der Waals surface area contributed by atoms with Crippen molar-refractivity contribution in [1.29, 1.82) is 0 Å². The van der Waals surface area contributed by atoms with Crippen molar-refractivity contribution >= 4 is 15.9 Å². The highest BCUT2D eigenvalue weighted by atomic mass is 79.9. The lowest BCUT2D eigenvalue weighted by atomic mass is 9.83. The first kappa shape index (κ1) is 14.2. The number of halogens is 1. The smallest absolute Gasteiger partial charge is 0.0240 e. The predicted octanol–water partition coefficient (Wildman–Crippen LogP) is 5.05. The van der Waals surface area contributed by atoms with Crippen molar-refractivity contribution in [2.24, 2.45) is 0 Å². The molecule has 0 spiro atoms. The van der Waals surface area contributed by atoms with Crippen molar-refractivity contribution in [2.45, 2.75) is 31.8 Å². The second kappa shape index (κ2) is 6.02. The fourth-order valence-corrected chi connectivity index (χ4v) is 4.04. The first-order valence-electron chi connectivity index (χ1n) is 8.04. The van der Waals surface area contributed by atoms with Crippen LogP contribution in [0, 0.1) is 0 Å². The molecule has 1 heterocycles. The molecule has 2 heteroatoms. The van der Waals surface area contributed by atoms with Crippen LogP contribution >= 0.6 is 15.9 Å². The zero-order chi connectivity index (χ0) is 14.9. The lowest BCUT2D eigenvalue weighted by molar-refractivity contribution is 0.259. The van der Waals surface area contributed by atoms with Gasteiger partial charge in [0.15, 0.2) is 0 Å². The van der Waals surface area contributed by atoms with E-state index in [0.717, 1.165) is 24.0 Å². The number of allylic oxidation sites excluding steroid dienone is 2. The number of rotatable bonds is 2. The number of nitrogens with zero attached hydrogens (tertiary/aromatic N) is 1. The van der Waals surface area contributed by atoms with Gasteiger partial charge in [0.05, 0.1) is 0 Å². The zero-order valence-electron chi connectivity index (χ0n) is 12.6. The SMILES string of the molecule is Brc1ccc(CN2CCC3C=CCc4cccc(c43)C2)cc1.